The molecule has 1 N–H and O–H groups in total. The lowest BCUT2D eigenvalue weighted by atomic mass is 10.1. The molecule has 18 heavy (non-hydrogen) atoms. The summed E-state index contributed by atoms with van der Waals surface area (Å²) in [6, 6.07) is 9.49. The van der Waals surface area contributed by atoms with E-state index in [4.69, 9.17) is 5.11 Å². The van der Waals surface area contributed by atoms with E-state index in [-0.39, 0.29) is 13.0 Å². The first-order chi connectivity index (χ1) is 8.39. The second kappa shape index (κ2) is 6.51. The lowest BCUT2D eigenvalue weighted by molar-refractivity contribution is -0.137. The number of aliphatic carboxylic acids is 1. The van der Waals surface area contributed by atoms with Crippen LogP contribution in [0.15, 0.2) is 30.3 Å². The fourth-order valence-corrected chi connectivity index (χ4v) is 2.41. The van der Waals surface area contributed by atoms with E-state index >= 15 is 0 Å². The molecule has 1 aromatic rings. The maximum atomic E-state index is 11.5. The van der Waals surface area contributed by atoms with Gasteiger partial charge in [-0.1, -0.05) is 30.3 Å². The number of hydrogen-bond donors (Lipinski definition) is 1. The smallest absolute Gasteiger partial charge is 0.304 e. The van der Waals surface area contributed by atoms with Gasteiger partial charge in [0.25, 0.3) is 0 Å². The van der Waals surface area contributed by atoms with Gasteiger partial charge in [-0.25, -0.2) is 12.7 Å². The number of rotatable bonds is 7. The van der Waals surface area contributed by atoms with E-state index < -0.39 is 16.0 Å². The summed E-state index contributed by atoms with van der Waals surface area (Å²) in [5, 5.41) is 8.59. The Labute approximate surface area is 107 Å². The van der Waals surface area contributed by atoms with Gasteiger partial charge in [-0.05, 0) is 12.0 Å². The van der Waals surface area contributed by atoms with Crippen LogP contribution >= 0.6 is 0 Å². The largest absolute Gasteiger partial charge is 0.481 e. The molecular formula is C12H17NO4S. The molecule has 100 valence electrons. The van der Waals surface area contributed by atoms with E-state index in [2.05, 4.69) is 0 Å². The second-order valence-electron chi connectivity index (χ2n) is 4.04. The van der Waals surface area contributed by atoms with Gasteiger partial charge in [-0.2, -0.15) is 0 Å². The van der Waals surface area contributed by atoms with Crippen molar-refractivity contribution >= 4 is 16.0 Å². The molecule has 0 spiro atoms. The predicted octanol–water partition coefficient (Wildman–Crippen LogP) is 0.965. The molecule has 6 heteroatoms. The van der Waals surface area contributed by atoms with Crippen LogP contribution in [0.5, 0.6) is 0 Å². The minimum absolute atomic E-state index is 0.0149. The van der Waals surface area contributed by atoms with Gasteiger partial charge in [-0.3, -0.25) is 4.79 Å². The number of carboxylic acid groups (broad SMARTS) is 1. The molecule has 0 aliphatic carbocycles. The number of carbonyl (C=O) groups is 1. The lowest BCUT2D eigenvalue weighted by Gasteiger charge is -2.18. The van der Waals surface area contributed by atoms with E-state index in [1.54, 1.807) is 0 Å². The zero-order valence-electron chi connectivity index (χ0n) is 10.2. The van der Waals surface area contributed by atoms with Crippen molar-refractivity contribution in [1.29, 1.82) is 0 Å². The number of sulfonamides is 1. The van der Waals surface area contributed by atoms with Gasteiger partial charge >= 0.3 is 5.97 Å². The van der Waals surface area contributed by atoms with Gasteiger partial charge in [0.2, 0.25) is 10.0 Å². The van der Waals surface area contributed by atoms with Crippen molar-refractivity contribution in [3.8, 4) is 0 Å². The fourth-order valence-electron chi connectivity index (χ4n) is 1.56. The van der Waals surface area contributed by atoms with Crippen LogP contribution in [0.1, 0.15) is 12.0 Å². The van der Waals surface area contributed by atoms with Crippen molar-refractivity contribution in [2.45, 2.75) is 12.8 Å². The zero-order valence-corrected chi connectivity index (χ0v) is 11.1. The van der Waals surface area contributed by atoms with Crippen molar-refractivity contribution in [1.82, 2.24) is 4.31 Å². The molecule has 0 radical (unpaired) electrons. The summed E-state index contributed by atoms with van der Waals surface area (Å²) < 4.78 is 24.2. The average Bonchev–Trinajstić information content (AvgIpc) is 2.28. The highest BCUT2D eigenvalue weighted by atomic mass is 32.2. The third kappa shape index (κ3) is 5.29. The molecule has 1 aromatic carbocycles. The molecule has 0 saturated heterocycles. The third-order valence-electron chi connectivity index (χ3n) is 2.54. The number of benzene rings is 1. The van der Waals surface area contributed by atoms with E-state index in [9.17, 15) is 13.2 Å². The molecule has 1 rings (SSSR count). The Morgan fingerprint density at radius 2 is 1.83 bits per heavy atom. The van der Waals surface area contributed by atoms with Gasteiger partial charge in [0, 0.05) is 13.1 Å². The Balaban J connectivity index is 2.60. The second-order valence-corrected chi connectivity index (χ2v) is 6.02. The minimum atomic E-state index is -3.36. The number of carboxylic acids is 1. The predicted molar refractivity (Wildman–Crippen MR) is 68.8 cm³/mol. The first-order valence-electron chi connectivity index (χ1n) is 5.60. The van der Waals surface area contributed by atoms with Crippen LogP contribution in [0.25, 0.3) is 0 Å². The summed E-state index contributed by atoms with van der Waals surface area (Å²) in [6.45, 7) is 0.317. The van der Waals surface area contributed by atoms with Gasteiger partial charge in [-0.15, -0.1) is 0 Å². The number of hydrogen-bond acceptors (Lipinski definition) is 3. The van der Waals surface area contributed by atoms with E-state index in [1.807, 2.05) is 30.3 Å². The summed E-state index contributed by atoms with van der Waals surface area (Å²) in [5.74, 6) is -0.997. The summed E-state index contributed by atoms with van der Waals surface area (Å²) >= 11 is 0. The molecule has 0 bridgehead atoms. The molecule has 0 heterocycles. The number of nitrogens with zero attached hydrogens (tertiary/aromatic N) is 1. The van der Waals surface area contributed by atoms with Gasteiger partial charge in [0.1, 0.15) is 0 Å². The highest BCUT2D eigenvalue weighted by molar-refractivity contribution is 7.88. The normalized spacial score (nSPS) is 11.7. The molecule has 0 amide bonds. The van der Waals surface area contributed by atoms with Crippen LogP contribution < -0.4 is 0 Å². The molecule has 0 aliphatic heterocycles. The standard InChI is InChI=1S/C12H17NO4S/c1-18(16,17)13(10-8-12(14)15)9-7-11-5-3-2-4-6-11/h2-6H,7-10H2,1H3,(H,14,15). The van der Waals surface area contributed by atoms with Gasteiger partial charge in [0.15, 0.2) is 0 Å². The Hall–Kier alpha value is -1.40. The van der Waals surface area contributed by atoms with Crippen LogP contribution in [-0.2, 0) is 21.2 Å². The van der Waals surface area contributed by atoms with Crippen LogP contribution in [0, 0.1) is 0 Å². The first-order valence-corrected chi connectivity index (χ1v) is 7.45. The highest BCUT2D eigenvalue weighted by Crippen LogP contribution is 2.05. The first kappa shape index (κ1) is 14.7. The Morgan fingerprint density at radius 3 is 2.33 bits per heavy atom. The van der Waals surface area contributed by atoms with E-state index in [0.29, 0.717) is 13.0 Å². The van der Waals surface area contributed by atoms with Crippen LogP contribution in [0.4, 0.5) is 0 Å². The van der Waals surface area contributed by atoms with Crippen LogP contribution in [0.2, 0.25) is 0 Å². The SMILES string of the molecule is CS(=O)(=O)N(CCC(=O)O)CCc1ccccc1. The maximum Gasteiger partial charge on any atom is 0.304 e. The zero-order chi connectivity index (χ0) is 13.6. The summed E-state index contributed by atoms with van der Waals surface area (Å²) in [6.07, 6.45) is 1.50. The Kier molecular flexibility index (Phi) is 5.30. The van der Waals surface area contributed by atoms with Crippen LogP contribution in [-0.4, -0.2) is 43.1 Å². The van der Waals surface area contributed by atoms with Crippen LogP contribution in [0.3, 0.4) is 0 Å². The Morgan fingerprint density at radius 1 is 1.22 bits per heavy atom. The van der Waals surface area contributed by atoms with E-state index in [1.165, 1.54) is 4.31 Å². The summed E-state index contributed by atoms with van der Waals surface area (Å²) in [4.78, 5) is 10.5. The molecule has 0 unspecified atom stereocenters. The molecule has 0 saturated carbocycles. The Bertz CT molecular complexity index is 484. The van der Waals surface area contributed by atoms with Gasteiger partial charge in [0.05, 0.1) is 12.7 Å². The summed E-state index contributed by atoms with van der Waals surface area (Å²) in [7, 11) is -3.36. The van der Waals surface area contributed by atoms with Crippen molar-refractivity contribution in [3.05, 3.63) is 35.9 Å². The monoisotopic (exact) mass is 271 g/mol. The molecule has 0 aromatic heterocycles. The van der Waals surface area contributed by atoms with Crippen molar-refractivity contribution in [2.75, 3.05) is 19.3 Å². The third-order valence-corrected chi connectivity index (χ3v) is 3.84. The summed E-state index contributed by atoms with van der Waals surface area (Å²) in [5.41, 5.74) is 1.03. The minimum Gasteiger partial charge on any atom is -0.481 e. The topological polar surface area (TPSA) is 74.7 Å². The molecular weight excluding hydrogens is 254 g/mol. The average molecular weight is 271 g/mol. The lowest BCUT2D eigenvalue weighted by Crippen LogP contribution is -2.33. The molecule has 0 fully saturated rings. The van der Waals surface area contributed by atoms with Crippen molar-refractivity contribution in [2.24, 2.45) is 0 Å². The fraction of sp³-hybridized carbons (Fsp3) is 0.417. The maximum absolute atomic E-state index is 11.5. The van der Waals surface area contributed by atoms with Gasteiger partial charge < -0.3 is 5.11 Å². The molecule has 0 aliphatic rings. The molecule has 5 nitrogen and oxygen atoms in total. The van der Waals surface area contributed by atoms with Crippen molar-refractivity contribution < 1.29 is 18.3 Å². The van der Waals surface area contributed by atoms with E-state index in [0.717, 1.165) is 11.8 Å². The van der Waals surface area contributed by atoms with Crippen molar-refractivity contribution in [3.63, 3.8) is 0 Å². The molecule has 0 atom stereocenters. The highest BCUT2D eigenvalue weighted by Gasteiger charge is 2.17. The quantitative estimate of drug-likeness (QED) is 0.801.